The minimum atomic E-state index is -4.62. The minimum Gasteiger partial charge on any atom is -0.389 e. The molecule has 0 bridgehead atoms. The first-order valence-corrected chi connectivity index (χ1v) is 8.59. The van der Waals surface area contributed by atoms with Gasteiger partial charge in [-0.15, -0.1) is 11.3 Å². The van der Waals surface area contributed by atoms with Gasteiger partial charge in [-0.3, -0.25) is 0 Å². The molecule has 0 atom stereocenters. The van der Waals surface area contributed by atoms with Crippen molar-refractivity contribution < 1.29 is 13.2 Å². The largest absolute Gasteiger partial charge is 0.451 e. The van der Waals surface area contributed by atoms with Crippen molar-refractivity contribution in [1.29, 1.82) is 5.26 Å². The van der Waals surface area contributed by atoms with Gasteiger partial charge >= 0.3 is 6.18 Å². The Morgan fingerprint density at radius 1 is 1.23 bits per heavy atom. The number of thiophene rings is 1. The van der Waals surface area contributed by atoms with E-state index in [1.165, 1.54) is 11.3 Å². The Balaban J connectivity index is 1.83. The van der Waals surface area contributed by atoms with E-state index in [0.717, 1.165) is 10.4 Å². The lowest BCUT2D eigenvalue weighted by Crippen LogP contribution is -2.31. The third-order valence-electron chi connectivity index (χ3n) is 4.33. The van der Waals surface area contributed by atoms with Gasteiger partial charge in [0.25, 0.3) is 0 Å². The van der Waals surface area contributed by atoms with Crippen molar-refractivity contribution in [2.45, 2.75) is 19.1 Å². The fourth-order valence-corrected chi connectivity index (χ4v) is 4.24. The number of hydrogen-bond acceptors (Lipinski definition) is 6. The lowest BCUT2D eigenvalue weighted by atomic mass is 10.0. The first-order valence-electron chi connectivity index (χ1n) is 7.77. The van der Waals surface area contributed by atoms with Crippen LogP contribution in [0.2, 0.25) is 0 Å². The van der Waals surface area contributed by atoms with Gasteiger partial charge in [-0.1, -0.05) is 12.1 Å². The second-order valence-corrected chi connectivity index (χ2v) is 7.05. The number of rotatable bonds is 1. The number of fused-ring (bicyclic) bond motifs is 2. The number of alkyl halides is 3. The number of anilines is 2. The fourth-order valence-electron chi connectivity index (χ4n) is 3.16. The third kappa shape index (κ3) is 2.63. The van der Waals surface area contributed by atoms with E-state index in [2.05, 4.69) is 16.0 Å². The predicted molar refractivity (Wildman–Crippen MR) is 92.7 cm³/mol. The molecule has 4 rings (SSSR count). The van der Waals surface area contributed by atoms with Crippen LogP contribution in [0.3, 0.4) is 0 Å². The number of para-hydroxylation sites is 1. The van der Waals surface area contributed by atoms with Gasteiger partial charge in [0.15, 0.2) is 0 Å². The van der Waals surface area contributed by atoms with Crippen LogP contribution in [0.1, 0.15) is 21.8 Å². The number of nitrogens with zero attached hydrogens (tertiary/aromatic N) is 4. The number of benzene rings is 1. The number of aromatic nitrogens is 2. The van der Waals surface area contributed by atoms with Gasteiger partial charge in [0.2, 0.25) is 5.82 Å². The van der Waals surface area contributed by atoms with E-state index < -0.39 is 12.0 Å². The molecular formula is C17H12F3N5S. The lowest BCUT2D eigenvalue weighted by Gasteiger charge is -2.29. The number of halogens is 3. The molecular weight excluding hydrogens is 363 g/mol. The normalized spacial score (nSPS) is 14.3. The summed E-state index contributed by atoms with van der Waals surface area (Å²) >= 11 is 1.30. The minimum absolute atomic E-state index is 0.249. The molecule has 3 aromatic rings. The Bertz CT molecular complexity index is 1050. The third-order valence-corrected chi connectivity index (χ3v) is 5.38. The van der Waals surface area contributed by atoms with Crippen LogP contribution < -0.4 is 10.6 Å². The average molecular weight is 375 g/mol. The summed E-state index contributed by atoms with van der Waals surface area (Å²) in [6.07, 6.45) is -4.09. The molecule has 0 unspecified atom stereocenters. The van der Waals surface area contributed by atoms with E-state index in [4.69, 9.17) is 5.73 Å². The lowest BCUT2D eigenvalue weighted by molar-refractivity contribution is -0.144. The summed E-state index contributed by atoms with van der Waals surface area (Å²) in [5.74, 6) is -0.903. The Kier molecular flexibility index (Phi) is 3.73. The van der Waals surface area contributed by atoms with Crippen molar-refractivity contribution in [1.82, 2.24) is 9.97 Å². The molecule has 1 aliphatic rings. The van der Waals surface area contributed by atoms with Crippen molar-refractivity contribution in [2.24, 2.45) is 0 Å². The van der Waals surface area contributed by atoms with Crippen molar-refractivity contribution in [3.05, 3.63) is 46.1 Å². The molecule has 0 amide bonds. The zero-order valence-corrected chi connectivity index (χ0v) is 14.2. The fraction of sp³-hybridized carbons (Fsp3) is 0.235. The molecule has 0 saturated heterocycles. The molecule has 5 nitrogen and oxygen atoms in total. The molecule has 9 heteroatoms. The number of nitrogens with two attached hydrogens (primary N) is 1. The van der Waals surface area contributed by atoms with Gasteiger partial charge < -0.3 is 10.6 Å². The van der Waals surface area contributed by atoms with Crippen molar-refractivity contribution >= 4 is 33.1 Å². The topological polar surface area (TPSA) is 78.8 Å². The summed E-state index contributed by atoms with van der Waals surface area (Å²) in [4.78, 5) is 10.2. The summed E-state index contributed by atoms with van der Waals surface area (Å²) in [5.41, 5.74) is 7.51. The number of hydrogen-bond donors (Lipinski definition) is 1. The highest BCUT2D eigenvalue weighted by Gasteiger charge is 2.36. The van der Waals surface area contributed by atoms with E-state index >= 15 is 0 Å². The van der Waals surface area contributed by atoms with Crippen LogP contribution in [0, 0.1) is 11.3 Å². The van der Waals surface area contributed by atoms with Crippen LogP contribution in [0.4, 0.5) is 24.0 Å². The number of nitrogen functional groups attached to an aromatic ring is 1. The monoisotopic (exact) mass is 375 g/mol. The maximum absolute atomic E-state index is 13.2. The zero-order chi connectivity index (χ0) is 18.5. The van der Waals surface area contributed by atoms with Crippen LogP contribution in [-0.2, 0) is 19.1 Å². The van der Waals surface area contributed by atoms with E-state index in [1.807, 2.05) is 0 Å². The maximum Gasteiger partial charge on any atom is 0.451 e. The molecule has 2 aromatic heterocycles. The van der Waals surface area contributed by atoms with Crippen molar-refractivity contribution in [3.8, 4) is 6.07 Å². The SMILES string of the molecule is N#Cc1c(N)sc2c1CCN(c1nc(C(F)(F)F)nc3ccccc13)C2. The van der Waals surface area contributed by atoms with Crippen LogP contribution in [0.25, 0.3) is 10.9 Å². The average Bonchev–Trinajstić information content (AvgIpc) is 2.94. The van der Waals surface area contributed by atoms with Crippen LogP contribution in [0.15, 0.2) is 24.3 Å². The van der Waals surface area contributed by atoms with Gasteiger partial charge in [-0.05, 0) is 24.1 Å². The highest BCUT2D eigenvalue weighted by atomic mass is 32.1. The summed E-state index contributed by atoms with van der Waals surface area (Å²) in [6.45, 7) is 0.820. The molecule has 0 radical (unpaired) electrons. The van der Waals surface area contributed by atoms with Crippen LogP contribution >= 0.6 is 11.3 Å². The van der Waals surface area contributed by atoms with Gasteiger partial charge in [-0.2, -0.15) is 18.4 Å². The molecule has 0 aliphatic carbocycles. The first-order chi connectivity index (χ1) is 12.4. The van der Waals surface area contributed by atoms with Gasteiger partial charge in [0, 0.05) is 16.8 Å². The highest BCUT2D eigenvalue weighted by molar-refractivity contribution is 7.16. The van der Waals surface area contributed by atoms with Crippen LogP contribution in [-0.4, -0.2) is 16.5 Å². The van der Waals surface area contributed by atoms with Gasteiger partial charge in [-0.25, -0.2) is 9.97 Å². The molecule has 3 heterocycles. The van der Waals surface area contributed by atoms with Gasteiger partial charge in [0.05, 0.1) is 17.6 Å². The van der Waals surface area contributed by atoms with E-state index in [9.17, 15) is 18.4 Å². The molecule has 26 heavy (non-hydrogen) atoms. The second kappa shape index (κ2) is 5.85. The Morgan fingerprint density at radius 2 is 2.00 bits per heavy atom. The molecule has 0 spiro atoms. The second-order valence-electron chi connectivity index (χ2n) is 5.91. The summed E-state index contributed by atoms with van der Waals surface area (Å²) in [7, 11) is 0. The standard InChI is InChI=1S/C17H12F3N5S/c18-17(19,20)16-23-12-4-2-1-3-10(12)15(24-16)25-6-5-9-11(7-21)14(22)26-13(9)8-25/h1-4H,5-6,8,22H2. The molecule has 1 aromatic carbocycles. The van der Waals surface area contributed by atoms with Crippen molar-refractivity contribution in [2.75, 3.05) is 17.2 Å². The molecule has 132 valence electrons. The van der Waals surface area contributed by atoms with Crippen LogP contribution in [0.5, 0.6) is 0 Å². The van der Waals surface area contributed by atoms with E-state index in [0.29, 0.717) is 35.5 Å². The zero-order valence-electron chi connectivity index (χ0n) is 13.3. The number of nitriles is 1. The van der Waals surface area contributed by atoms with E-state index in [-0.39, 0.29) is 11.3 Å². The summed E-state index contributed by atoms with van der Waals surface area (Å²) in [6, 6.07) is 8.76. The molecule has 2 N–H and O–H groups in total. The quantitative estimate of drug-likeness (QED) is 0.701. The maximum atomic E-state index is 13.2. The summed E-state index contributed by atoms with van der Waals surface area (Å²) < 4.78 is 39.6. The molecule has 1 aliphatic heterocycles. The Hall–Kier alpha value is -2.86. The smallest absolute Gasteiger partial charge is 0.389 e. The first kappa shape index (κ1) is 16.6. The van der Waals surface area contributed by atoms with Gasteiger partial charge in [0.1, 0.15) is 16.9 Å². The summed E-state index contributed by atoms with van der Waals surface area (Å²) in [5, 5.41) is 10.2. The molecule has 0 fully saturated rings. The Morgan fingerprint density at radius 3 is 2.73 bits per heavy atom. The Labute approximate surface area is 150 Å². The van der Waals surface area contributed by atoms with E-state index in [1.54, 1.807) is 29.2 Å². The molecule has 0 saturated carbocycles. The highest BCUT2D eigenvalue weighted by Crippen LogP contribution is 2.38. The van der Waals surface area contributed by atoms with Crippen molar-refractivity contribution in [3.63, 3.8) is 0 Å². The predicted octanol–water partition coefficient (Wildman–Crippen LogP) is 3.73.